The standard InChI is InChI=1S/C13H18N2O5/c1-14-9(16)8(10(17)15(2)12(14)20)13(11(18)19)6-4-3-5-7-13/h8H,3-7H2,1-2H3,(H,18,19)/p-1. The number of carboxylic acid groups (broad SMARTS) is 1. The second kappa shape index (κ2) is 4.88. The van der Waals surface area contributed by atoms with E-state index in [0.29, 0.717) is 12.8 Å². The summed E-state index contributed by atoms with van der Waals surface area (Å²) in [6, 6.07) is -0.736. The van der Waals surface area contributed by atoms with Crippen LogP contribution in [0.4, 0.5) is 4.79 Å². The Balaban J connectivity index is 2.46. The Hall–Kier alpha value is -1.92. The van der Waals surface area contributed by atoms with E-state index < -0.39 is 35.1 Å². The van der Waals surface area contributed by atoms with Gasteiger partial charge in [0.15, 0.2) is 0 Å². The summed E-state index contributed by atoms with van der Waals surface area (Å²) < 4.78 is 0. The summed E-state index contributed by atoms with van der Waals surface area (Å²) in [6.45, 7) is 0. The Morgan fingerprint density at radius 2 is 1.50 bits per heavy atom. The minimum atomic E-state index is -1.49. The fourth-order valence-electron chi connectivity index (χ4n) is 3.17. The number of rotatable bonds is 2. The molecule has 2 aliphatic rings. The maximum absolute atomic E-state index is 12.3. The van der Waals surface area contributed by atoms with Gasteiger partial charge in [-0.1, -0.05) is 19.3 Å². The molecule has 2 fully saturated rings. The van der Waals surface area contributed by atoms with Crippen LogP contribution in [0.5, 0.6) is 0 Å². The molecule has 1 saturated carbocycles. The summed E-state index contributed by atoms with van der Waals surface area (Å²) in [4.78, 5) is 49.5. The molecule has 0 unspecified atom stereocenters. The highest BCUT2D eigenvalue weighted by atomic mass is 16.4. The lowest BCUT2D eigenvalue weighted by Crippen LogP contribution is -2.64. The van der Waals surface area contributed by atoms with Crippen molar-refractivity contribution >= 4 is 23.8 Å². The predicted molar refractivity (Wildman–Crippen MR) is 65.0 cm³/mol. The zero-order valence-corrected chi connectivity index (χ0v) is 11.5. The number of carbonyl (C=O) groups excluding carboxylic acids is 4. The molecule has 1 saturated heterocycles. The van der Waals surface area contributed by atoms with Crippen LogP contribution in [0.25, 0.3) is 0 Å². The maximum atomic E-state index is 12.3. The number of urea groups is 1. The van der Waals surface area contributed by atoms with Crippen molar-refractivity contribution in [2.75, 3.05) is 14.1 Å². The molecule has 1 aliphatic carbocycles. The minimum Gasteiger partial charge on any atom is -0.550 e. The molecule has 0 radical (unpaired) electrons. The Morgan fingerprint density at radius 3 is 1.90 bits per heavy atom. The number of amides is 4. The third-order valence-electron chi connectivity index (χ3n) is 4.43. The molecule has 0 bridgehead atoms. The number of barbiturate groups is 1. The third-order valence-corrected chi connectivity index (χ3v) is 4.43. The molecule has 0 aromatic carbocycles. The fourth-order valence-corrected chi connectivity index (χ4v) is 3.17. The van der Waals surface area contributed by atoms with Crippen LogP contribution in [0.2, 0.25) is 0 Å². The molecule has 0 atom stereocenters. The number of aliphatic carboxylic acids is 1. The number of carbonyl (C=O) groups is 4. The van der Waals surface area contributed by atoms with Crippen LogP contribution >= 0.6 is 0 Å². The molecule has 0 N–H and O–H groups in total. The van der Waals surface area contributed by atoms with Crippen molar-refractivity contribution in [3.63, 3.8) is 0 Å². The van der Waals surface area contributed by atoms with Crippen LogP contribution in [-0.2, 0) is 14.4 Å². The van der Waals surface area contributed by atoms with Gasteiger partial charge in [-0.3, -0.25) is 19.4 Å². The van der Waals surface area contributed by atoms with E-state index in [-0.39, 0.29) is 12.8 Å². The Kier molecular flexibility index (Phi) is 3.54. The first-order chi connectivity index (χ1) is 9.33. The highest BCUT2D eigenvalue weighted by Gasteiger charge is 2.55. The summed E-state index contributed by atoms with van der Waals surface area (Å²) in [5.41, 5.74) is -1.49. The van der Waals surface area contributed by atoms with Gasteiger partial charge in [-0.25, -0.2) is 4.79 Å². The van der Waals surface area contributed by atoms with Gasteiger partial charge >= 0.3 is 6.03 Å². The summed E-state index contributed by atoms with van der Waals surface area (Å²) in [5.74, 6) is -4.23. The van der Waals surface area contributed by atoms with E-state index in [0.717, 1.165) is 16.2 Å². The Morgan fingerprint density at radius 1 is 1.05 bits per heavy atom. The molecule has 0 spiro atoms. The number of nitrogens with zero attached hydrogens (tertiary/aromatic N) is 2. The van der Waals surface area contributed by atoms with E-state index in [1.54, 1.807) is 0 Å². The van der Waals surface area contributed by atoms with Gasteiger partial charge in [0, 0.05) is 25.5 Å². The van der Waals surface area contributed by atoms with Gasteiger partial charge in [-0.05, 0) is 12.8 Å². The number of hydrogen-bond donors (Lipinski definition) is 0. The normalized spacial score (nSPS) is 24.2. The molecule has 0 aromatic heterocycles. The van der Waals surface area contributed by atoms with E-state index in [9.17, 15) is 24.3 Å². The molecule has 4 amide bonds. The lowest BCUT2D eigenvalue weighted by atomic mass is 9.64. The summed E-state index contributed by atoms with van der Waals surface area (Å²) in [7, 11) is 2.51. The van der Waals surface area contributed by atoms with E-state index in [1.807, 2.05) is 0 Å². The molecule has 1 heterocycles. The first-order valence-electron chi connectivity index (χ1n) is 6.63. The lowest BCUT2D eigenvalue weighted by molar-refractivity contribution is -0.323. The van der Waals surface area contributed by atoms with Crippen LogP contribution in [-0.4, -0.2) is 47.7 Å². The fraction of sp³-hybridized carbons (Fsp3) is 0.692. The zero-order valence-electron chi connectivity index (χ0n) is 11.5. The molecule has 2 rings (SSSR count). The third kappa shape index (κ3) is 1.88. The van der Waals surface area contributed by atoms with Crippen molar-refractivity contribution in [3.05, 3.63) is 0 Å². The van der Waals surface area contributed by atoms with Crippen LogP contribution < -0.4 is 5.11 Å². The average Bonchev–Trinajstić information content (AvgIpc) is 2.44. The molecule has 7 heteroatoms. The highest BCUT2D eigenvalue weighted by molar-refractivity contribution is 6.17. The smallest absolute Gasteiger partial charge is 0.332 e. The number of carboxylic acids is 1. The van der Waals surface area contributed by atoms with E-state index in [2.05, 4.69) is 0 Å². The lowest BCUT2D eigenvalue weighted by Gasteiger charge is -2.46. The van der Waals surface area contributed by atoms with Gasteiger partial charge in [0.05, 0.1) is 0 Å². The molecule has 20 heavy (non-hydrogen) atoms. The van der Waals surface area contributed by atoms with Crippen molar-refractivity contribution in [2.24, 2.45) is 11.3 Å². The van der Waals surface area contributed by atoms with Crippen LogP contribution in [0.1, 0.15) is 32.1 Å². The highest BCUT2D eigenvalue weighted by Crippen LogP contribution is 2.44. The SMILES string of the molecule is CN1C(=O)C(C2(C(=O)[O-])CCCCC2)C(=O)N(C)C1=O. The van der Waals surface area contributed by atoms with Gasteiger partial charge in [0.25, 0.3) is 0 Å². The van der Waals surface area contributed by atoms with E-state index >= 15 is 0 Å². The number of hydrogen-bond acceptors (Lipinski definition) is 5. The van der Waals surface area contributed by atoms with Gasteiger partial charge in [-0.2, -0.15) is 0 Å². The second-order valence-corrected chi connectivity index (χ2v) is 5.51. The molecule has 7 nitrogen and oxygen atoms in total. The van der Waals surface area contributed by atoms with Gasteiger partial charge in [-0.15, -0.1) is 0 Å². The number of imide groups is 2. The largest absolute Gasteiger partial charge is 0.550 e. The van der Waals surface area contributed by atoms with Crippen LogP contribution in [0.15, 0.2) is 0 Å². The summed E-state index contributed by atoms with van der Waals surface area (Å²) in [6.07, 6.45) is 2.59. The first kappa shape index (κ1) is 14.5. The average molecular weight is 281 g/mol. The van der Waals surface area contributed by atoms with Crippen LogP contribution in [0, 0.1) is 11.3 Å². The Bertz CT molecular complexity index is 457. The minimum absolute atomic E-state index is 0.230. The van der Waals surface area contributed by atoms with Crippen molar-refractivity contribution in [3.8, 4) is 0 Å². The topological polar surface area (TPSA) is 97.8 Å². The van der Waals surface area contributed by atoms with E-state index in [4.69, 9.17) is 0 Å². The second-order valence-electron chi connectivity index (χ2n) is 5.51. The van der Waals surface area contributed by atoms with E-state index in [1.165, 1.54) is 14.1 Å². The van der Waals surface area contributed by atoms with Crippen molar-refractivity contribution in [1.82, 2.24) is 9.80 Å². The van der Waals surface area contributed by atoms with Gasteiger partial charge < -0.3 is 9.90 Å². The molecular weight excluding hydrogens is 264 g/mol. The quantitative estimate of drug-likeness (QED) is 0.627. The predicted octanol–water partition coefficient (Wildman–Crippen LogP) is -0.647. The first-order valence-corrected chi connectivity index (χ1v) is 6.63. The molecule has 1 aliphatic heterocycles. The maximum Gasteiger partial charge on any atom is 0.332 e. The van der Waals surface area contributed by atoms with Crippen molar-refractivity contribution in [1.29, 1.82) is 0 Å². The molecule has 0 aromatic rings. The van der Waals surface area contributed by atoms with Gasteiger partial charge in [0.2, 0.25) is 11.8 Å². The van der Waals surface area contributed by atoms with Crippen molar-refractivity contribution in [2.45, 2.75) is 32.1 Å². The zero-order chi connectivity index (χ0) is 15.1. The van der Waals surface area contributed by atoms with Gasteiger partial charge in [0.1, 0.15) is 5.92 Å². The monoisotopic (exact) mass is 281 g/mol. The molecular formula is C13H17N2O5-. The van der Waals surface area contributed by atoms with Crippen LogP contribution in [0.3, 0.4) is 0 Å². The molecule has 110 valence electrons. The Labute approximate surface area is 116 Å². The van der Waals surface area contributed by atoms with Crippen molar-refractivity contribution < 1.29 is 24.3 Å². The summed E-state index contributed by atoms with van der Waals surface area (Å²) >= 11 is 0. The summed E-state index contributed by atoms with van der Waals surface area (Å²) in [5, 5.41) is 11.6.